The summed E-state index contributed by atoms with van der Waals surface area (Å²) < 4.78 is 2.17. The lowest BCUT2D eigenvalue weighted by Gasteiger charge is -2.13. The standard InChI is InChI=1S/C22H26N4O/c1-24(2)12-13-26-15-19(18-6-4-5-7-20(18)26)22(27)23-17-9-8-16-10-11-25(3)21(16)14-17/h4-9,14-15H,10-13H2,1-3H3,(H,23,27). The molecular weight excluding hydrogens is 336 g/mol. The van der Waals surface area contributed by atoms with Crippen LogP contribution in [0.2, 0.25) is 0 Å². The van der Waals surface area contributed by atoms with Crippen LogP contribution in [-0.4, -0.2) is 49.6 Å². The minimum atomic E-state index is -0.0598. The molecule has 4 rings (SSSR count). The Labute approximate surface area is 160 Å². The fraction of sp³-hybridized carbons (Fsp3) is 0.318. The Balaban J connectivity index is 1.62. The Morgan fingerprint density at radius 3 is 2.81 bits per heavy atom. The zero-order valence-corrected chi connectivity index (χ0v) is 16.2. The molecule has 2 heterocycles. The van der Waals surface area contributed by atoms with Crippen molar-refractivity contribution >= 4 is 28.2 Å². The summed E-state index contributed by atoms with van der Waals surface area (Å²) in [6, 6.07) is 14.3. The number of rotatable bonds is 5. The molecule has 0 saturated heterocycles. The SMILES string of the molecule is CN(C)CCn1cc(C(=O)Nc2ccc3c(c2)N(C)CC3)c2ccccc21. The normalized spacial score (nSPS) is 13.4. The van der Waals surface area contributed by atoms with Gasteiger partial charge in [0.1, 0.15) is 0 Å². The van der Waals surface area contributed by atoms with Crippen LogP contribution in [-0.2, 0) is 13.0 Å². The highest BCUT2D eigenvalue weighted by atomic mass is 16.1. The van der Waals surface area contributed by atoms with Gasteiger partial charge >= 0.3 is 0 Å². The molecule has 0 aliphatic carbocycles. The van der Waals surface area contributed by atoms with Gasteiger partial charge in [-0.3, -0.25) is 4.79 Å². The summed E-state index contributed by atoms with van der Waals surface area (Å²) in [6.45, 7) is 2.81. The van der Waals surface area contributed by atoms with Crippen LogP contribution in [0.1, 0.15) is 15.9 Å². The van der Waals surface area contributed by atoms with E-state index in [1.807, 2.05) is 30.5 Å². The predicted molar refractivity (Wildman–Crippen MR) is 112 cm³/mol. The average molecular weight is 362 g/mol. The highest BCUT2D eigenvalue weighted by Gasteiger charge is 2.18. The minimum absolute atomic E-state index is 0.0598. The number of hydrogen-bond donors (Lipinski definition) is 1. The zero-order valence-electron chi connectivity index (χ0n) is 16.2. The van der Waals surface area contributed by atoms with Crippen molar-refractivity contribution in [2.75, 3.05) is 44.4 Å². The van der Waals surface area contributed by atoms with Crippen LogP contribution in [0.4, 0.5) is 11.4 Å². The maximum absolute atomic E-state index is 13.0. The van der Waals surface area contributed by atoms with Gasteiger partial charge in [-0.05, 0) is 44.3 Å². The van der Waals surface area contributed by atoms with Crippen molar-refractivity contribution < 1.29 is 4.79 Å². The largest absolute Gasteiger partial charge is 0.374 e. The van der Waals surface area contributed by atoms with Crippen molar-refractivity contribution in [3.05, 3.63) is 59.8 Å². The summed E-state index contributed by atoms with van der Waals surface area (Å²) in [4.78, 5) is 17.4. The first-order valence-electron chi connectivity index (χ1n) is 9.41. The van der Waals surface area contributed by atoms with E-state index in [4.69, 9.17) is 0 Å². The quantitative estimate of drug-likeness (QED) is 0.756. The molecule has 2 aromatic carbocycles. The third-order valence-corrected chi connectivity index (χ3v) is 5.29. The van der Waals surface area contributed by atoms with Gasteiger partial charge < -0.3 is 19.7 Å². The van der Waals surface area contributed by atoms with Crippen molar-refractivity contribution in [1.82, 2.24) is 9.47 Å². The third-order valence-electron chi connectivity index (χ3n) is 5.29. The lowest BCUT2D eigenvalue weighted by atomic mass is 10.1. The van der Waals surface area contributed by atoms with Crippen molar-refractivity contribution in [3.8, 4) is 0 Å². The maximum atomic E-state index is 13.0. The number of amides is 1. The van der Waals surface area contributed by atoms with Crippen LogP contribution < -0.4 is 10.2 Å². The lowest BCUT2D eigenvalue weighted by Crippen LogP contribution is -2.18. The second-order valence-electron chi connectivity index (χ2n) is 7.53. The number of nitrogens with zero attached hydrogens (tertiary/aromatic N) is 3. The third kappa shape index (κ3) is 3.43. The van der Waals surface area contributed by atoms with Gasteiger partial charge in [-0.25, -0.2) is 0 Å². The van der Waals surface area contributed by atoms with E-state index >= 15 is 0 Å². The first-order chi connectivity index (χ1) is 13.0. The molecule has 0 unspecified atom stereocenters. The van der Waals surface area contributed by atoms with E-state index in [2.05, 4.69) is 59.0 Å². The Hall–Kier alpha value is -2.79. The first kappa shape index (κ1) is 17.6. The highest BCUT2D eigenvalue weighted by Crippen LogP contribution is 2.30. The van der Waals surface area contributed by atoms with Crippen LogP contribution in [0, 0.1) is 0 Å². The molecule has 0 spiro atoms. The Morgan fingerprint density at radius 2 is 2.00 bits per heavy atom. The summed E-state index contributed by atoms with van der Waals surface area (Å²) in [5, 5.41) is 4.08. The number of aromatic nitrogens is 1. The average Bonchev–Trinajstić information content (AvgIpc) is 3.21. The van der Waals surface area contributed by atoms with Crippen LogP contribution in [0.25, 0.3) is 10.9 Å². The molecule has 0 radical (unpaired) electrons. The van der Waals surface area contributed by atoms with E-state index < -0.39 is 0 Å². The van der Waals surface area contributed by atoms with Gasteiger partial charge in [-0.2, -0.15) is 0 Å². The number of para-hydroxylation sites is 1. The molecule has 0 bridgehead atoms. The van der Waals surface area contributed by atoms with Gasteiger partial charge in [0.15, 0.2) is 0 Å². The molecule has 0 saturated carbocycles. The Kier molecular flexibility index (Phi) is 4.62. The van der Waals surface area contributed by atoms with Crippen LogP contribution in [0.5, 0.6) is 0 Å². The predicted octanol–water partition coefficient (Wildman–Crippen LogP) is 3.45. The summed E-state index contributed by atoms with van der Waals surface area (Å²) in [6.07, 6.45) is 3.04. The van der Waals surface area contributed by atoms with Gasteiger partial charge in [-0.1, -0.05) is 24.3 Å². The minimum Gasteiger partial charge on any atom is -0.374 e. The van der Waals surface area contributed by atoms with E-state index in [0.717, 1.165) is 48.2 Å². The number of nitrogens with one attached hydrogen (secondary N) is 1. The molecule has 1 aromatic heterocycles. The molecular formula is C22H26N4O. The first-order valence-corrected chi connectivity index (χ1v) is 9.41. The van der Waals surface area contributed by atoms with E-state index in [1.165, 1.54) is 11.3 Å². The number of benzene rings is 2. The number of hydrogen-bond acceptors (Lipinski definition) is 3. The van der Waals surface area contributed by atoms with Gasteiger partial charge in [0.2, 0.25) is 0 Å². The number of carbonyl (C=O) groups excluding carboxylic acids is 1. The van der Waals surface area contributed by atoms with Gasteiger partial charge in [0, 0.05) is 55.2 Å². The van der Waals surface area contributed by atoms with E-state index in [0.29, 0.717) is 0 Å². The fourth-order valence-corrected chi connectivity index (χ4v) is 3.74. The van der Waals surface area contributed by atoms with E-state index in [1.54, 1.807) is 0 Å². The zero-order chi connectivity index (χ0) is 19.0. The van der Waals surface area contributed by atoms with Gasteiger partial charge in [0.25, 0.3) is 5.91 Å². The Bertz CT molecular complexity index is 989. The molecule has 1 aliphatic rings. The number of carbonyl (C=O) groups is 1. The molecule has 5 nitrogen and oxygen atoms in total. The lowest BCUT2D eigenvalue weighted by molar-refractivity contribution is 0.102. The molecule has 5 heteroatoms. The van der Waals surface area contributed by atoms with E-state index in [-0.39, 0.29) is 5.91 Å². The summed E-state index contributed by atoms with van der Waals surface area (Å²) in [5.41, 5.74) is 5.21. The van der Waals surface area contributed by atoms with Gasteiger partial charge in [-0.15, -0.1) is 0 Å². The molecule has 3 aromatic rings. The molecule has 27 heavy (non-hydrogen) atoms. The molecule has 0 fully saturated rings. The highest BCUT2D eigenvalue weighted by molar-refractivity contribution is 6.13. The van der Waals surface area contributed by atoms with Crippen molar-refractivity contribution in [3.63, 3.8) is 0 Å². The molecule has 0 atom stereocenters. The molecule has 1 N–H and O–H groups in total. The van der Waals surface area contributed by atoms with Crippen molar-refractivity contribution in [2.45, 2.75) is 13.0 Å². The topological polar surface area (TPSA) is 40.5 Å². The number of fused-ring (bicyclic) bond motifs is 2. The van der Waals surface area contributed by atoms with Crippen molar-refractivity contribution in [2.24, 2.45) is 0 Å². The number of likely N-dealkylation sites (N-methyl/N-ethyl adjacent to an activating group) is 2. The summed E-state index contributed by atoms with van der Waals surface area (Å²) in [5.74, 6) is -0.0598. The van der Waals surface area contributed by atoms with Crippen LogP contribution >= 0.6 is 0 Å². The summed E-state index contributed by atoms with van der Waals surface area (Å²) in [7, 11) is 6.21. The summed E-state index contributed by atoms with van der Waals surface area (Å²) >= 11 is 0. The monoisotopic (exact) mass is 362 g/mol. The van der Waals surface area contributed by atoms with Crippen LogP contribution in [0.15, 0.2) is 48.7 Å². The van der Waals surface area contributed by atoms with Crippen molar-refractivity contribution in [1.29, 1.82) is 0 Å². The maximum Gasteiger partial charge on any atom is 0.257 e. The van der Waals surface area contributed by atoms with Crippen LogP contribution in [0.3, 0.4) is 0 Å². The fourth-order valence-electron chi connectivity index (χ4n) is 3.74. The van der Waals surface area contributed by atoms with E-state index in [9.17, 15) is 4.79 Å². The molecule has 140 valence electrons. The Morgan fingerprint density at radius 1 is 1.19 bits per heavy atom. The second-order valence-corrected chi connectivity index (χ2v) is 7.53. The van der Waals surface area contributed by atoms with Gasteiger partial charge in [0.05, 0.1) is 5.56 Å². The molecule has 1 amide bonds. The molecule has 1 aliphatic heterocycles. The second kappa shape index (κ2) is 7.08. The number of anilines is 2. The smallest absolute Gasteiger partial charge is 0.257 e.